The van der Waals surface area contributed by atoms with Crippen molar-refractivity contribution in [3.8, 4) is 22.8 Å². The molecule has 3 aromatic rings. The molecule has 31 heavy (non-hydrogen) atoms. The molecule has 0 saturated carbocycles. The van der Waals surface area contributed by atoms with Crippen molar-refractivity contribution < 1.29 is 14.2 Å². The summed E-state index contributed by atoms with van der Waals surface area (Å²) in [5, 5.41) is 0. The number of nitrogens with two attached hydrogens (primary N) is 1. The van der Waals surface area contributed by atoms with Crippen LogP contribution in [0.5, 0.6) is 11.6 Å². The van der Waals surface area contributed by atoms with E-state index in [9.17, 15) is 0 Å². The Kier molecular flexibility index (Phi) is 4.31. The molecule has 5 rings (SSSR count). The van der Waals surface area contributed by atoms with Crippen molar-refractivity contribution in [1.29, 1.82) is 0 Å². The summed E-state index contributed by atoms with van der Waals surface area (Å²) in [5.74, 6) is 1.21. The molecule has 2 aromatic carbocycles. The summed E-state index contributed by atoms with van der Waals surface area (Å²) < 4.78 is 17.6. The van der Waals surface area contributed by atoms with Crippen molar-refractivity contribution in [3.05, 3.63) is 77.0 Å². The number of hydrogen-bond acceptors (Lipinski definition) is 6. The lowest BCUT2D eigenvalue weighted by molar-refractivity contribution is 0.0190. The molecule has 158 valence electrons. The van der Waals surface area contributed by atoms with E-state index in [0.29, 0.717) is 11.6 Å². The Morgan fingerprint density at radius 1 is 1.03 bits per heavy atom. The smallest absolute Gasteiger partial charge is 0.283 e. The molecule has 2 aliphatic heterocycles. The first kappa shape index (κ1) is 19.6. The Morgan fingerprint density at radius 3 is 2.48 bits per heavy atom. The van der Waals surface area contributed by atoms with Gasteiger partial charge in [0.2, 0.25) is 5.88 Å². The van der Waals surface area contributed by atoms with Crippen LogP contribution in [0.2, 0.25) is 0 Å². The van der Waals surface area contributed by atoms with Gasteiger partial charge in [-0.05, 0) is 50.1 Å². The molecular weight excluding hydrogens is 390 g/mol. The fourth-order valence-electron chi connectivity index (χ4n) is 4.12. The van der Waals surface area contributed by atoms with Crippen LogP contribution in [-0.4, -0.2) is 24.7 Å². The third-order valence-electron chi connectivity index (χ3n) is 6.25. The molecule has 0 amide bonds. The minimum Gasteiger partial charge on any atom is -0.462 e. The number of amidine groups is 1. The van der Waals surface area contributed by atoms with Crippen molar-refractivity contribution in [1.82, 2.24) is 4.98 Å². The van der Waals surface area contributed by atoms with Gasteiger partial charge < -0.3 is 19.9 Å². The first-order valence-electron chi connectivity index (χ1n) is 10.3. The molecule has 6 heteroatoms. The number of hydrogen-bond donors (Lipinski definition) is 1. The van der Waals surface area contributed by atoms with Gasteiger partial charge in [0.25, 0.3) is 6.02 Å². The fraction of sp³-hybridized carbons (Fsp3) is 0.280. The normalized spacial score (nSPS) is 19.3. The van der Waals surface area contributed by atoms with E-state index < -0.39 is 11.1 Å². The predicted octanol–water partition coefficient (Wildman–Crippen LogP) is 4.63. The summed E-state index contributed by atoms with van der Waals surface area (Å²) in [6, 6.07) is 16.6. The molecule has 0 radical (unpaired) electrons. The van der Waals surface area contributed by atoms with Crippen LogP contribution < -0.4 is 10.5 Å². The van der Waals surface area contributed by atoms with Gasteiger partial charge in [-0.1, -0.05) is 35.9 Å². The molecule has 3 heterocycles. The van der Waals surface area contributed by atoms with Crippen LogP contribution >= 0.6 is 0 Å². The zero-order chi connectivity index (χ0) is 21.8. The Bertz CT molecular complexity index is 1200. The van der Waals surface area contributed by atoms with Crippen LogP contribution in [-0.2, 0) is 20.6 Å². The quantitative estimate of drug-likeness (QED) is 0.675. The Hall–Kier alpha value is -3.38. The summed E-state index contributed by atoms with van der Waals surface area (Å²) in [5.41, 5.74) is 10.7. The van der Waals surface area contributed by atoms with Gasteiger partial charge in [-0.25, -0.2) is 9.98 Å². The van der Waals surface area contributed by atoms with Gasteiger partial charge in [0, 0.05) is 24.4 Å². The summed E-state index contributed by atoms with van der Waals surface area (Å²) in [6.07, 6.45) is 1.83. The SMILES string of the molecule is COC(C)(C)c1ccc2c(c1)[C@@]1(COC(N)=N1)c1cc(-c3ccc(C)cc3)cnc1O2. The molecule has 0 bridgehead atoms. The number of aryl methyl sites for hydroxylation is 1. The molecule has 1 aromatic heterocycles. The number of pyridine rings is 1. The molecule has 0 saturated heterocycles. The Labute approximate surface area is 181 Å². The number of benzene rings is 2. The van der Waals surface area contributed by atoms with E-state index in [1.165, 1.54) is 5.56 Å². The Morgan fingerprint density at radius 2 is 1.81 bits per heavy atom. The van der Waals surface area contributed by atoms with E-state index in [-0.39, 0.29) is 12.6 Å². The Balaban J connectivity index is 1.71. The van der Waals surface area contributed by atoms with E-state index in [0.717, 1.165) is 27.8 Å². The zero-order valence-electron chi connectivity index (χ0n) is 18.1. The van der Waals surface area contributed by atoms with Crippen LogP contribution in [0.4, 0.5) is 0 Å². The number of fused-ring (bicyclic) bond motifs is 4. The molecule has 0 unspecified atom stereocenters. The molecule has 2 N–H and O–H groups in total. The minimum absolute atomic E-state index is 0.163. The largest absolute Gasteiger partial charge is 0.462 e. The highest BCUT2D eigenvalue weighted by Crippen LogP contribution is 2.51. The van der Waals surface area contributed by atoms with Crippen LogP contribution in [0.25, 0.3) is 11.1 Å². The maximum absolute atomic E-state index is 6.19. The van der Waals surface area contributed by atoms with E-state index >= 15 is 0 Å². The van der Waals surface area contributed by atoms with Crippen LogP contribution in [0.15, 0.2) is 59.7 Å². The molecule has 2 aliphatic rings. The van der Waals surface area contributed by atoms with Gasteiger partial charge in [0.1, 0.15) is 12.4 Å². The maximum Gasteiger partial charge on any atom is 0.283 e. The fourth-order valence-corrected chi connectivity index (χ4v) is 4.12. The lowest BCUT2D eigenvalue weighted by Crippen LogP contribution is -2.32. The summed E-state index contributed by atoms with van der Waals surface area (Å²) in [6.45, 7) is 6.41. The molecule has 1 atom stereocenters. The second-order valence-electron chi connectivity index (χ2n) is 8.57. The molecule has 0 aliphatic carbocycles. The maximum atomic E-state index is 6.19. The van der Waals surface area contributed by atoms with Gasteiger partial charge >= 0.3 is 0 Å². The van der Waals surface area contributed by atoms with E-state index in [2.05, 4.69) is 48.3 Å². The third-order valence-corrected chi connectivity index (χ3v) is 6.25. The molecule has 1 spiro atoms. The number of ether oxygens (including phenoxy) is 3. The standard InChI is InChI=1S/C25H25N3O3/c1-15-5-7-16(8-6-15)17-11-20-22(27-13-17)31-21-10-9-18(24(2,3)29-4)12-19(21)25(20)14-30-23(26)28-25/h5-13H,14H2,1-4H3,(H2,26,28)/t25-/m0/s1. The number of aromatic nitrogens is 1. The van der Waals surface area contributed by atoms with Gasteiger partial charge in [-0.3, -0.25) is 0 Å². The third kappa shape index (κ3) is 3.06. The number of nitrogens with zero attached hydrogens (tertiary/aromatic N) is 2. The van der Waals surface area contributed by atoms with Gasteiger partial charge in [-0.15, -0.1) is 0 Å². The van der Waals surface area contributed by atoms with Gasteiger partial charge in [0.15, 0.2) is 5.54 Å². The van der Waals surface area contributed by atoms with Crippen LogP contribution in [0.3, 0.4) is 0 Å². The number of aliphatic imine (C=N–C) groups is 1. The van der Waals surface area contributed by atoms with Crippen molar-refractivity contribution in [2.75, 3.05) is 13.7 Å². The van der Waals surface area contributed by atoms with Crippen LogP contribution in [0, 0.1) is 6.92 Å². The zero-order valence-corrected chi connectivity index (χ0v) is 18.1. The minimum atomic E-state index is -0.819. The topological polar surface area (TPSA) is 79.0 Å². The second kappa shape index (κ2) is 6.82. The van der Waals surface area contributed by atoms with Crippen molar-refractivity contribution >= 4 is 6.02 Å². The first-order chi connectivity index (χ1) is 14.8. The highest BCUT2D eigenvalue weighted by molar-refractivity contribution is 5.77. The summed E-state index contributed by atoms with van der Waals surface area (Å²) >= 11 is 0. The lowest BCUT2D eigenvalue weighted by atomic mass is 9.80. The number of methoxy groups -OCH3 is 1. The lowest BCUT2D eigenvalue weighted by Gasteiger charge is -2.34. The van der Waals surface area contributed by atoms with Crippen LogP contribution in [0.1, 0.15) is 36.1 Å². The van der Waals surface area contributed by atoms with Gasteiger partial charge in [-0.2, -0.15) is 0 Å². The summed E-state index contributed by atoms with van der Waals surface area (Å²) in [4.78, 5) is 9.41. The molecular formula is C25H25N3O3. The monoisotopic (exact) mass is 415 g/mol. The van der Waals surface area contributed by atoms with E-state index in [4.69, 9.17) is 24.9 Å². The first-order valence-corrected chi connectivity index (χ1v) is 10.3. The second-order valence-corrected chi connectivity index (χ2v) is 8.57. The molecule has 6 nitrogen and oxygen atoms in total. The highest BCUT2D eigenvalue weighted by Gasteiger charge is 2.48. The van der Waals surface area contributed by atoms with Crippen molar-refractivity contribution in [3.63, 3.8) is 0 Å². The number of rotatable bonds is 3. The molecule has 0 fully saturated rings. The van der Waals surface area contributed by atoms with Crippen molar-refractivity contribution in [2.24, 2.45) is 10.7 Å². The summed E-state index contributed by atoms with van der Waals surface area (Å²) in [7, 11) is 1.70. The van der Waals surface area contributed by atoms with E-state index in [1.807, 2.05) is 32.2 Å². The average Bonchev–Trinajstić information content (AvgIpc) is 3.16. The predicted molar refractivity (Wildman–Crippen MR) is 119 cm³/mol. The highest BCUT2D eigenvalue weighted by atomic mass is 16.5. The van der Waals surface area contributed by atoms with Gasteiger partial charge in [0.05, 0.1) is 11.2 Å². The average molecular weight is 415 g/mol. The van der Waals surface area contributed by atoms with Crippen molar-refractivity contribution in [2.45, 2.75) is 31.9 Å². The van der Waals surface area contributed by atoms with E-state index in [1.54, 1.807) is 7.11 Å².